The molecule has 0 spiro atoms. The topological polar surface area (TPSA) is 41.1 Å². The summed E-state index contributed by atoms with van der Waals surface area (Å²) in [6, 6.07) is 0.585. The van der Waals surface area contributed by atoms with Gasteiger partial charge in [-0.2, -0.15) is 0 Å². The van der Waals surface area contributed by atoms with Gasteiger partial charge in [0.1, 0.15) is 0 Å². The first-order chi connectivity index (χ1) is 7.29. The molecule has 2 N–H and O–H groups in total. The summed E-state index contributed by atoms with van der Waals surface area (Å²) in [5.74, 6) is 2.07. The summed E-state index contributed by atoms with van der Waals surface area (Å²) in [6.07, 6.45) is 8.21. The lowest BCUT2D eigenvalue weighted by Gasteiger charge is -2.29. The third-order valence-electron chi connectivity index (χ3n) is 3.83. The van der Waals surface area contributed by atoms with E-state index in [1.807, 2.05) is 0 Å². The predicted octanol–water partition coefficient (Wildman–Crippen LogP) is 1.29. The van der Waals surface area contributed by atoms with Gasteiger partial charge >= 0.3 is 0 Å². The van der Waals surface area contributed by atoms with Crippen LogP contribution in [0.1, 0.15) is 38.5 Å². The van der Waals surface area contributed by atoms with E-state index in [9.17, 15) is 4.79 Å². The Bertz CT molecular complexity index is 226. The third kappa shape index (κ3) is 3.20. The molecule has 0 aromatic heterocycles. The van der Waals surface area contributed by atoms with Crippen molar-refractivity contribution in [3.05, 3.63) is 0 Å². The van der Waals surface area contributed by atoms with Crippen LogP contribution in [-0.4, -0.2) is 25.5 Å². The zero-order valence-electron chi connectivity index (χ0n) is 9.59. The van der Waals surface area contributed by atoms with Crippen molar-refractivity contribution in [2.24, 2.45) is 11.8 Å². The van der Waals surface area contributed by atoms with Crippen LogP contribution in [0.2, 0.25) is 0 Å². The van der Waals surface area contributed by atoms with Crippen molar-refractivity contribution < 1.29 is 4.79 Å². The number of carbonyl (C=O) groups excluding carboxylic acids is 1. The highest BCUT2D eigenvalue weighted by atomic mass is 16.1. The lowest BCUT2D eigenvalue weighted by Crippen LogP contribution is -2.40. The van der Waals surface area contributed by atoms with E-state index in [1.54, 1.807) is 7.05 Å². The summed E-state index contributed by atoms with van der Waals surface area (Å²) in [4.78, 5) is 11.1. The minimum Gasteiger partial charge on any atom is -0.358 e. The fourth-order valence-electron chi connectivity index (χ4n) is 2.73. The molecule has 3 heteroatoms. The quantitative estimate of drug-likeness (QED) is 0.734. The van der Waals surface area contributed by atoms with Gasteiger partial charge in [0.25, 0.3) is 0 Å². The number of hydrogen-bond acceptors (Lipinski definition) is 2. The van der Waals surface area contributed by atoms with Gasteiger partial charge in [-0.3, -0.25) is 4.79 Å². The van der Waals surface area contributed by atoms with Gasteiger partial charge in [0.15, 0.2) is 0 Å². The minimum atomic E-state index is 0.101. The molecule has 86 valence electrons. The highest BCUT2D eigenvalue weighted by molar-refractivity contribution is 5.77. The standard InChI is InChI=1S/C12H22N2O/c1-13-12(15)8-14-11-4-2-3-10(7-11)9-5-6-9/h9-11,14H,2-8H2,1H3,(H,13,15). The molecule has 2 unspecified atom stereocenters. The number of rotatable bonds is 4. The first-order valence-corrected chi connectivity index (χ1v) is 6.23. The summed E-state index contributed by atoms with van der Waals surface area (Å²) in [5.41, 5.74) is 0. The van der Waals surface area contributed by atoms with E-state index in [4.69, 9.17) is 0 Å². The van der Waals surface area contributed by atoms with Gasteiger partial charge in [-0.25, -0.2) is 0 Å². The van der Waals surface area contributed by atoms with E-state index in [1.165, 1.54) is 38.5 Å². The van der Waals surface area contributed by atoms with Crippen molar-refractivity contribution in [1.29, 1.82) is 0 Å². The van der Waals surface area contributed by atoms with Crippen molar-refractivity contribution in [2.45, 2.75) is 44.6 Å². The van der Waals surface area contributed by atoms with E-state index in [0.717, 1.165) is 11.8 Å². The van der Waals surface area contributed by atoms with Crippen LogP contribution in [0.5, 0.6) is 0 Å². The van der Waals surface area contributed by atoms with Crippen LogP contribution in [0, 0.1) is 11.8 Å². The lowest BCUT2D eigenvalue weighted by atomic mass is 9.83. The SMILES string of the molecule is CNC(=O)CNC1CCCC(C2CC2)C1. The number of amides is 1. The number of likely N-dealkylation sites (N-methyl/N-ethyl adjacent to an activating group) is 1. The second-order valence-corrected chi connectivity index (χ2v) is 5.02. The van der Waals surface area contributed by atoms with Crippen LogP contribution in [0.15, 0.2) is 0 Å². The van der Waals surface area contributed by atoms with Crippen molar-refractivity contribution in [3.63, 3.8) is 0 Å². The molecule has 0 heterocycles. The molecule has 2 rings (SSSR count). The molecule has 0 aliphatic heterocycles. The Morgan fingerprint density at radius 3 is 2.67 bits per heavy atom. The van der Waals surface area contributed by atoms with Gasteiger partial charge in [-0.15, -0.1) is 0 Å². The Hall–Kier alpha value is -0.570. The highest BCUT2D eigenvalue weighted by Crippen LogP contribution is 2.43. The van der Waals surface area contributed by atoms with Crippen LogP contribution in [0.4, 0.5) is 0 Å². The Labute approximate surface area is 92.0 Å². The average Bonchev–Trinajstić information content (AvgIpc) is 3.10. The molecule has 0 bridgehead atoms. The molecular formula is C12H22N2O. The van der Waals surface area contributed by atoms with Crippen molar-refractivity contribution >= 4 is 5.91 Å². The highest BCUT2D eigenvalue weighted by Gasteiger charge is 2.34. The molecule has 15 heavy (non-hydrogen) atoms. The Kier molecular flexibility index (Phi) is 3.62. The molecule has 3 nitrogen and oxygen atoms in total. The first kappa shape index (κ1) is 10.9. The fourth-order valence-corrected chi connectivity index (χ4v) is 2.73. The number of nitrogens with one attached hydrogen (secondary N) is 2. The molecule has 0 saturated heterocycles. The lowest BCUT2D eigenvalue weighted by molar-refractivity contribution is -0.119. The Morgan fingerprint density at radius 1 is 1.20 bits per heavy atom. The van der Waals surface area contributed by atoms with E-state index in [-0.39, 0.29) is 5.91 Å². The normalized spacial score (nSPS) is 31.3. The maximum absolute atomic E-state index is 11.1. The third-order valence-corrected chi connectivity index (χ3v) is 3.83. The molecule has 2 atom stereocenters. The van der Waals surface area contributed by atoms with Crippen molar-refractivity contribution in [1.82, 2.24) is 10.6 Å². The molecule has 0 radical (unpaired) electrons. The zero-order chi connectivity index (χ0) is 10.7. The first-order valence-electron chi connectivity index (χ1n) is 6.23. The molecule has 2 aliphatic carbocycles. The largest absolute Gasteiger partial charge is 0.358 e. The van der Waals surface area contributed by atoms with Crippen molar-refractivity contribution in [3.8, 4) is 0 Å². The zero-order valence-corrected chi connectivity index (χ0v) is 9.59. The second kappa shape index (κ2) is 4.97. The molecule has 0 aromatic rings. The maximum atomic E-state index is 11.1. The average molecular weight is 210 g/mol. The van der Waals surface area contributed by atoms with E-state index in [2.05, 4.69) is 10.6 Å². The van der Waals surface area contributed by atoms with E-state index < -0.39 is 0 Å². The summed E-state index contributed by atoms with van der Waals surface area (Å²) in [6.45, 7) is 0.485. The number of carbonyl (C=O) groups is 1. The molecule has 2 aliphatic rings. The van der Waals surface area contributed by atoms with Gasteiger partial charge < -0.3 is 10.6 Å². The van der Waals surface area contributed by atoms with Gasteiger partial charge in [-0.1, -0.05) is 12.8 Å². The van der Waals surface area contributed by atoms with Crippen LogP contribution in [-0.2, 0) is 4.79 Å². The van der Waals surface area contributed by atoms with Crippen LogP contribution in [0.3, 0.4) is 0 Å². The summed E-state index contributed by atoms with van der Waals surface area (Å²) < 4.78 is 0. The van der Waals surface area contributed by atoms with Gasteiger partial charge in [0.05, 0.1) is 6.54 Å². The monoisotopic (exact) mass is 210 g/mol. The Morgan fingerprint density at radius 2 is 2.00 bits per heavy atom. The summed E-state index contributed by atoms with van der Waals surface area (Å²) in [5, 5.41) is 6.02. The van der Waals surface area contributed by atoms with Crippen molar-refractivity contribution in [2.75, 3.05) is 13.6 Å². The van der Waals surface area contributed by atoms with Crippen LogP contribution >= 0.6 is 0 Å². The molecule has 1 amide bonds. The van der Waals surface area contributed by atoms with Gasteiger partial charge in [0, 0.05) is 13.1 Å². The predicted molar refractivity (Wildman–Crippen MR) is 60.5 cm³/mol. The minimum absolute atomic E-state index is 0.101. The summed E-state index contributed by atoms with van der Waals surface area (Å²) >= 11 is 0. The second-order valence-electron chi connectivity index (χ2n) is 5.02. The smallest absolute Gasteiger partial charge is 0.233 e. The number of hydrogen-bond donors (Lipinski definition) is 2. The molecule has 0 aromatic carbocycles. The van der Waals surface area contributed by atoms with Gasteiger partial charge in [0.2, 0.25) is 5.91 Å². The molecule has 2 saturated carbocycles. The molecular weight excluding hydrogens is 188 g/mol. The van der Waals surface area contributed by atoms with Crippen LogP contribution in [0.25, 0.3) is 0 Å². The summed E-state index contributed by atoms with van der Waals surface area (Å²) in [7, 11) is 1.69. The fraction of sp³-hybridized carbons (Fsp3) is 0.917. The Balaban J connectivity index is 1.70. The van der Waals surface area contributed by atoms with Gasteiger partial charge in [-0.05, 0) is 37.5 Å². The molecule has 2 fully saturated rings. The van der Waals surface area contributed by atoms with E-state index >= 15 is 0 Å². The maximum Gasteiger partial charge on any atom is 0.233 e. The van der Waals surface area contributed by atoms with E-state index in [0.29, 0.717) is 12.6 Å². The van der Waals surface area contributed by atoms with Crippen LogP contribution < -0.4 is 10.6 Å².